The van der Waals surface area contributed by atoms with Gasteiger partial charge in [-0.25, -0.2) is 4.98 Å². The molecule has 0 aliphatic carbocycles. The Labute approximate surface area is 160 Å². The summed E-state index contributed by atoms with van der Waals surface area (Å²) < 4.78 is 18.0. The van der Waals surface area contributed by atoms with E-state index in [9.17, 15) is 5.11 Å². The van der Waals surface area contributed by atoms with Crippen LogP contribution in [0.1, 0.15) is 0 Å². The summed E-state index contributed by atoms with van der Waals surface area (Å²) in [4.78, 5) is 8.85. The Bertz CT molecular complexity index is 1190. The standard InChI is InChI=1S/C20H16N4O4/c1-26-16-8-12(2-4-14(16)25)19-20(24-7-6-21-10-18(24)23-19)22-13-3-5-15-17(9-13)28-11-27-15/h2-10,22,25H,11H2,1H3. The molecule has 2 N–H and O–H groups in total. The predicted octanol–water partition coefficient (Wildman–Crippen LogP) is 3.58. The van der Waals surface area contributed by atoms with Crippen LogP contribution in [0.3, 0.4) is 0 Å². The van der Waals surface area contributed by atoms with Crippen LogP contribution < -0.4 is 19.5 Å². The number of methoxy groups -OCH3 is 1. The van der Waals surface area contributed by atoms with Crippen LogP contribution in [-0.2, 0) is 0 Å². The Morgan fingerprint density at radius 2 is 2.04 bits per heavy atom. The van der Waals surface area contributed by atoms with E-state index in [0.29, 0.717) is 22.8 Å². The average molecular weight is 376 g/mol. The van der Waals surface area contributed by atoms with Gasteiger partial charge in [0.05, 0.1) is 13.3 Å². The molecule has 0 radical (unpaired) electrons. The second-order valence-electron chi connectivity index (χ2n) is 6.19. The number of fused-ring (bicyclic) bond motifs is 2. The van der Waals surface area contributed by atoms with Gasteiger partial charge in [-0.3, -0.25) is 9.38 Å². The normalized spacial score (nSPS) is 12.3. The largest absolute Gasteiger partial charge is 0.504 e. The van der Waals surface area contributed by atoms with Crippen molar-refractivity contribution in [3.8, 4) is 34.3 Å². The number of nitrogens with one attached hydrogen (secondary N) is 1. The smallest absolute Gasteiger partial charge is 0.231 e. The molecule has 0 fully saturated rings. The van der Waals surface area contributed by atoms with Crippen LogP contribution in [0, 0.1) is 0 Å². The summed E-state index contributed by atoms with van der Waals surface area (Å²) >= 11 is 0. The molecule has 0 bridgehead atoms. The summed E-state index contributed by atoms with van der Waals surface area (Å²) in [7, 11) is 1.51. The fraction of sp³-hybridized carbons (Fsp3) is 0.100. The summed E-state index contributed by atoms with van der Waals surface area (Å²) in [5.41, 5.74) is 3.01. The average Bonchev–Trinajstić information content (AvgIpc) is 3.33. The molecule has 3 heterocycles. The number of nitrogens with zero attached hydrogens (tertiary/aromatic N) is 3. The lowest BCUT2D eigenvalue weighted by atomic mass is 10.1. The second kappa shape index (κ2) is 6.34. The van der Waals surface area contributed by atoms with E-state index < -0.39 is 0 Å². The maximum atomic E-state index is 9.91. The molecule has 2 aromatic carbocycles. The van der Waals surface area contributed by atoms with Crippen LogP contribution in [-0.4, -0.2) is 33.4 Å². The molecular formula is C20H16N4O4. The van der Waals surface area contributed by atoms with Crippen LogP contribution in [0.4, 0.5) is 11.5 Å². The fourth-order valence-corrected chi connectivity index (χ4v) is 3.16. The van der Waals surface area contributed by atoms with Crippen molar-refractivity contribution in [3.05, 3.63) is 55.0 Å². The van der Waals surface area contributed by atoms with Gasteiger partial charge >= 0.3 is 0 Å². The van der Waals surface area contributed by atoms with Crippen LogP contribution in [0.5, 0.6) is 23.0 Å². The van der Waals surface area contributed by atoms with E-state index in [-0.39, 0.29) is 12.5 Å². The van der Waals surface area contributed by atoms with Crippen LogP contribution in [0.25, 0.3) is 16.9 Å². The van der Waals surface area contributed by atoms with Gasteiger partial charge in [-0.05, 0) is 30.3 Å². The van der Waals surface area contributed by atoms with Gasteiger partial charge in [-0.2, -0.15) is 0 Å². The number of hydrogen-bond donors (Lipinski definition) is 2. The number of ether oxygens (including phenoxy) is 3. The highest BCUT2D eigenvalue weighted by Gasteiger charge is 2.18. The SMILES string of the molecule is COc1cc(-c2nc3cnccn3c2Nc2ccc3c(c2)OCO3)ccc1O. The highest BCUT2D eigenvalue weighted by molar-refractivity contribution is 5.81. The minimum atomic E-state index is 0.0713. The number of aromatic hydroxyl groups is 1. The van der Waals surface area contributed by atoms with E-state index in [4.69, 9.17) is 19.2 Å². The highest BCUT2D eigenvalue weighted by atomic mass is 16.7. The monoisotopic (exact) mass is 376 g/mol. The van der Waals surface area contributed by atoms with Crippen molar-refractivity contribution >= 4 is 17.2 Å². The van der Waals surface area contributed by atoms with Gasteiger partial charge in [0.1, 0.15) is 11.5 Å². The molecule has 0 amide bonds. The van der Waals surface area contributed by atoms with E-state index in [1.165, 1.54) is 7.11 Å². The maximum absolute atomic E-state index is 9.91. The molecule has 0 atom stereocenters. The first-order valence-electron chi connectivity index (χ1n) is 8.59. The van der Waals surface area contributed by atoms with E-state index in [2.05, 4.69) is 10.3 Å². The Hall–Kier alpha value is -3.94. The van der Waals surface area contributed by atoms with Crippen molar-refractivity contribution in [2.75, 3.05) is 19.2 Å². The Balaban J connectivity index is 1.64. The second-order valence-corrected chi connectivity index (χ2v) is 6.19. The molecule has 4 aromatic rings. The minimum Gasteiger partial charge on any atom is -0.504 e. The van der Waals surface area contributed by atoms with Crippen LogP contribution >= 0.6 is 0 Å². The number of benzene rings is 2. The first-order valence-corrected chi connectivity index (χ1v) is 8.59. The molecule has 0 saturated carbocycles. The van der Waals surface area contributed by atoms with Crippen molar-refractivity contribution in [3.63, 3.8) is 0 Å². The van der Waals surface area contributed by atoms with Crippen molar-refractivity contribution in [1.82, 2.24) is 14.4 Å². The van der Waals surface area contributed by atoms with Gasteiger partial charge in [-0.1, -0.05) is 0 Å². The lowest BCUT2D eigenvalue weighted by Gasteiger charge is -2.10. The molecule has 0 spiro atoms. The Kier molecular flexibility index (Phi) is 3.68. The van der Waals surface area contributed by atoms with Crippen LogP contribution in [0.2, 0.25) is 0 Å². The number of phenols is 1. The zero-order valence-corrected chi connectivity index (χ0v) is 14.9. The quantitative estimate of drug-likeness (QED) is 0.563. The Morgan fingerprint density at radius 3 is 2.93 bits per heavy atom. The summed E-state index contributed by atoms with van der Waals surface area (Å²) in [5, 5.41) is 13.3. The van der Waals surface area contributed by atoms with E-state index in [1.54, 1.807) is 30.6 Å². The molecule has 1 aliphatic rings. The summed E-state index contributed by atoms with van der Waals surface area (Å²) in [6.07, 6.45) is 5.21. The van der Waals surface area contributed by atoms with Gasteiger partial charge in [0, 0.05) is 29.7 Å². The number of imidazole rings is 1. The molecule has 5 rings (SSSR count). The third kappa shape index (κ3) is 2.62. The van der Waals surface area contributed by atoms with Gasteiger partial charge < -0.3 is 24.6 Å². The van der Waals surface area contributed by atoms with Crippen molar-refractivity contribution in [1.29, 1.82) is 0 Å². The molecule has 1 aliphatic heterocycles. The first kappa shape index (κ1) is 16.2. The van der Waals surface area contributed by atoms with E-state index in [1.807, 2.05) is 28.8 Å². The fourth-order valence-electron chi connectivity index (χ4n) is 3.16. The van der Waals surface area contributed by atoms with Gasteiger partial charge in [0.2, 0.25) is 6.79 Å². The number of hydrogen-bond acceptors (Lipinski definition) is 7. The number of aromatic nitrogens is 3. The summed E-state index contributed by atoms with van der Waals surface area (Å²) in [6.45, 7) is 0.221. The molecule has 0 saturated heterocycles. The molecule has 8 heteroatoms. The molecular weight excluding hydrogens is 360 g/mol. The lowest BCUT2D eigenvalue weighted by molar-refractivity contribution is 0.174. The maximum Gasteiger partial charge on any atom is 0.231 e. The minimum absolute atomic E-state index is 0.0713. The zero-order valence-electron chi connectivity index (χ0n) is 14.9. The molecule has 2 aromatic heterocycles. The third-order valence-corrected chi connectivity index (χ3v) is 4.52. The molecule has 28 heavy (non-hydrogen) atoms. The van der Waals surface area contributed by atoms with Crippen molar-refractivity contribution in [2.24, 2.45) is 0 Å². The third-order valence-electron chi connectivity index (χ3n) is 4.52. The van der Waals surface area contributed by atoms with E-state index >= 15 is 0 Å². The molecule has 8 nitrogen and oxygen atoms in total. The molecule has 0 unspecified atom stereocenters. The van der Waals surface area contributed by atoms with Crippen molar-refractivity contribution in [2.45, 2.75) is 0 Å². The summed E-state index contributed by atoms with van der Waals surface area (Å²) in [5.74, 6) is 2.61. The first-order chi connectivity index (χ1) is 13.7. The van der Waals surface area contributed by atoms with E-state index in [0.717, 1.165) is 22.8 Å². The number of anilines is 2. The predicted molar refractivity (Wildman–Crippen MR) is 102 cm³/mol. The van der Waals surface area contributed by atoms with Gasteiger partial charge in [0.25, 0.3) is 0 Å². The van der Waals surface area contributed by atoms with Gasteiger partial charge in [0.15, 0.2) is 28.6 Å². The zero-order chi connectivity index (χ0) is 19.1. The lowest BCUT2D eigenvalue weighted by Crippen LogP contribution is -1.97. The topological polar surface area (TPSA) is 90.1 Å². The highest BCUT2D eigenvalue weighted by Crippen LogP contribution is 2.38. The van der Waals surface area contributed by atoms with Crippen molar-refractivity contribution < 1.29 is 19.3 Å². The van der Waals surface area contributed by atoms with Gasteiger partial charge in [-0.15, -0.1) is 0 Å². The summed E-state index contributed by atoms with van der Waals surface area (Å²) in [6, 6.07) is 10.8. The Morgan fingerprint density at radius 1 is 1.14 bits per heavy atom. The number of phenolic OH excluding ortho intramolecular Hbond substituents is 1. The molecule has 140 valence electrons. The van der Waals surface area contributed by atoms with Crippen LogP contribution in [0.15, 0.2) is 55.0 Å². The number of rotatable bonds is 4.